The van der Waals surface area contributed by atoms with Crippen molar-refractivity contribution in [3.63, 3.8) is 0 Å². The SMILES string of the molecule is O=C(NCc1ccc2c(c1)OCO2)[C@@H](Cc1ccccc1)N(Cc1ccc(Cl)cc1)C(=O)Cc1ccc(Cl)cc1. The Morgan fingerprint density at radius 3 is 2.08 bits per heavy atom. The van der Waals surface area contributed by atoms with E-state index in [0.717, 1.165) is 22.3 Å². The van der Waals surface area contributed by atoms with Gasteiger partial charge in [0.15, 0.2) is 11.5 Å². The van der Waals surface area contributed by atoms with Crippen LogP contribution in [0.1, 0.15) is 22.3 Å². The van der Waals surface area contributed by atoms with E-state index < -0.39 is 6.04 Å². The van der Waals surface area contributed by atoms with E-state index in [0.29, 0.717) is 28.0 Å². The maximum absolute atomic E-state index is 13.9. The largest absolute Gasteiger partial charge is 0.454 e. The van der Waals surface area contributed by atoms with Crippen molar-refractivity contribution in [1.82, 2.24) is 10.2 Å². The zero-order chi connectivity index (χ0) is 27.9. The van der Waals surface area contributed by atoms with Crippen LogP contribution in [0.3, 0.4) is 0 Å². The van der Waals surface area contributed by atoms with Crippen molar-refractivity contribution < 1.29 is 19.1 Å². The first kappa shape index (κ1) is 27.6. The lowest BCUT2D eigenvalue weighted by atomic mass is 10.0. The molecule has 1 atom stereocenters. The molecule has 0 fully saturated rings. The number of carbonyl (C=O) groups is 2. The first-order chi connectivity index (χ1) is 19.4. The van der Waals surface area contributed by atoms with Crippen molar-refractivity contribution in [2.24, 2.45) is 0 Å². The average molecular weight is 575 g/mol. The molecule has 4 aromatic rings. The Hall–Kier alpha value is -4.00. The monoisotopic (exact) mass is 574 g/mol. The molecule has 40 heavy (non-hydrogen) atoms. The second-order valence-electron chi connectivity index (χ2n) is 9.56. The van der Waals surface area contributed by atoms with Gasteiger partial charge in [-0.05, 0) is 58.7 Å². The van der Waals surface area contributed by atoms with Crippen LogP contribution < -0.4 is 14.8 Å². The summed E-state index contributed by atoms with van der Waals surface area (Å²) in [4.78, 5) is 29.4. The van der Waals surface area contributed by atoms with Gasteiger partial charge in [0, 0.05) is 29.6 Å². The van der Waals surface area contributed by atoms with Gasteiger partial charge in [-0.25, -0.2) is 0 Å². The van der Waals surface area contributed by atoms with Gasteiger partial charge in [0.2, 0.25) is 18.6 Å². The molecule has 204 valence electrons. The van der Waals surface area contributed by atoms with Crippen LogP contribution in [0.2, 0.25) is 10.0 Å². The third-order valence-corrected chi connectivity index (χ3v) is 7.21. The van der Waals surface area contributed by atoms with Crippen LogP contribution in [0, 0.1) is 0 Å². The fourth-order valence-corrected chi connectivity index (χ4v) is 4.83. The van der Waals surface area contributed by atoms with Crippen LogP contribution in [-0.4, -0.2) is 29.5 Å². The highest BCUT2D eigenvalue weighted by Crippen LogP contribution is 2.32. The molecule has 0 saturated carbocycles. The quantitative estimate of drug-likeness (QED) is 0.244. The Morgan fingerprint density at radius 2 is 1.38 bits per heavy atom. The van der Waals surface area contributed by atoms with Gasteiger partial charge in [-0.2, -0.15) is 0 Å². The van der Waals surface area contributed by atoms with E-state index in [-0.39, 0.29) is 38.1 Å². The Labute approximate surface area is 243 Å². The molecule has 5 rings (SSSR count). The number of carbonyl (C=O) groups excluding carboxylic acids is 2. The number of fused-ring (bicyclic) bond motifs is 1. The van der Waals surface area contributed by atoms with Gasteiger partial charge in [0.1, 0.15) is 6.04 Å². The summed E-state index contributed by atoms with van der Waals surface area (Å²) in [5.41, 5.74) is 3.50. The normalized spacial score (nSPS) is 12.6. The lowest BCUT2D eigenvalue weighted by molar-refractivity contribution is -0.140. The number of hydrogen-bond acceptors (Lipinski definition) is 4. The third-order valence-electron chi connectivity index (χ3n) is 6.71. The second-order valence-corrected chi connectivity index (χ2v) is 10.4. The van der Waals surface area contributed by atoms with E-state index in [4.69, 9.17) is 32.7 Å². The summed E-state index contributed by atoms with van der Waals surface area (Å²) in [5, 5.41) is 4.24. The van der Waals surface area contributed by atoms with E-state index in [1.54, 1.807) is 29.2 Å². The fraction of sp³-hybridized carbons (Fsp3) is 0.188. The van der Waals surface area contributed by atoms with Gasteiger partial charge >= 0.3 is 0 Å². The molecule has 4 aromatic carbocycles. The minimum atomic E-state index is -0.758. The van der Waals surface area contributed by atoms with E-state index in [2.05, 4.69) is 5.32 Å². The van der Waals surface area contributed by atoms with Gasteiger partial charge < -0.3 is 19.7 Å². The number of amides is 2. The number of hydrogen-bond donors (Lipinski definition) is 1. The lowest BCUT2D eigenvalue weighted by Gasteiger charge is -2.32. The maximum Gasteiger partial charge on any atom is 0.243 e. The van der Waals surface area contributed by atoms with Crippen LogP contribution in [0.4, 0.5) is 0 Å². The third kappa shape index (κ3) is 7.14. The molecule has 0 aromatic heterocycles. The Morgan fingerprint density at radius 1 is 0.750 bits per heavy atom. The smallest absolute Gasteiger partial charge is 0.243 e. The van der Waals surface area contributed by atoms with E-state index in [9.17, 15) is 9.59 Å². The number of benzene rings is 4. The van der Waals surface area contributed by atoms with Gasteiger partial charge in [0.25, 0.3) is 0 Å². The van der Waals surface area contributed by atoms with Crippen molar-refractivity contribution in [3.05, 3.63) is 129 Å². The Balaban J connectivity index is 1.42. The molecular formula is C32H28Cl2N2O4. The average Bonchev–Trinajstić information content (AvgIpc) is 3.44. The second kappa shape index (κ2) is 12.9. The van der Waals surface area contributed by atoms with Crippen LogP contribution in [0.5, 0.6) is 11.5 Å². The molecule has 0 aliphatic carbocycles. The molecule has 0 radical (unpaired) electrons. The van der Waals surface area contributed by atoms with Crippen molar-refractivity contribution in [3.8, 4) is 11.5 Å². The summed E-state index contributed by atoms with van der Waals surface area (Å²) in [5.74, 6) is 0.908. The summed E-state index contributed by atoms with van der Waals surface area (Å²) < 4.78 is 10.9. The molecule has 1 aliphatic rings. The maximum atomic E-state index is 13.9. The van der Waals surface area contributed by atoms with Gasteiger partial charge in [-0.1, -0.05) is 83.9 Å². The van der Waals surface area contributed by atoms with Crippen molar-refractivity contribution in [2.75, 3.05) is 6.79 Å². The van der Waals surface area contributed by atoms with Gasteiger partial charge in [-0.15, -0.1) is 0 Å². The molecule has 0 saturated heterocycles. The molecule has 1 heterocycles. The summed E-state index contributed by atoms with van der Waals surface area (Å²) in [6.07, 6.45) is 0.485. The van der Waals surface area contributed by atoms with Crippen LogP contribution >= 0.6 is 23.2 Å². The summed E-state index contributed by atoms with van der Waals surface area (Å²) in [6, 6.07) is 29.0. The molecule has 1 aliphatic heterocycles. The summed E-state index contributed by atoms with van der Waals surface area (Å²) >= 11 is 12.2. The minimum absolute atomic E-state index is 0.130. The minimum Gasteiger partial charge on any atom is -0.454 e. The molecule has 0 bridgehead atoms. The van der Waals surface area contributed by atoms with Crippen molar-refractivity contribution in [1.29, 1.82) is 0 Å². The van der Waals surface area contributed by atoms with Crippen LogP contribution in [0.15, 0.2) is 97.1 Å². The van der Waals surface area contributed by atoms with E-state index in [1.807, 2.05) is 72.8 Å². The zero-order valence-corrected chi connectivity index (χ0v) is 23.2. The molecular weight excluding hydrogens is 547 g/mol. The summed E-state index contributed by atoms with van der Waals surface area (Å²) in [7, 11) is 0. The molecule has 1 N–H and O–H groups in total. The molecule has 8 heteroatoms. The van der Waals surface area contributed by atoms with Crippen LogP contribution in [-0.2, 0) is 35.5 Å². The predicted molar refractivity (Wildman–Crippen MR) is 156 cm³/mol. The molecule has 2 amide bonds. The molecule has 6 nitrogen and oxygen atoms in total. The van der Waals surface area contributed by atoms with E-state index in [1.165, 1.54) is 0 Å². The molecule has 0 spiro atoms. The Bertz CT molecular complexity index is 1460. The number of ether oxygens (including phenoxy) is 2. The predicted octanol–water partition coefficient (Wildman–Crippen LogP) is 6.22. The lowest BCUT2D eigenvalue weighted by Crippen LogP contribution is -2.50. The highest BCUT2D eigenvalue weighted by molar-refractivity contribution is 6.30. The fourth-order valence-electron chi connectivity index (χ4n) is 4.58. The number of rotatable bonds is 10. The standard InChI is InChI=1S/C32H28Cl2N2O4/c33-26-11-6-23(7-12-26)18-31(37)36(20-24-8-13-27(34)14-9-24)28(16-22-4-2-1-3-5-22)32(38)35-19-25-10-15-29-30(17-25)40-21-39-29/h1-15,17,28H,16,18-21H2,(H,35,38)/t28-/m1/s1. The highest BCUT2D eigenvalue weighted by Gasteiger charge is 2.30. The number of nitrogens with zero attached hydrogens (tertiary/aromatic N) is 1. The van der Waals surface area contributed by atoms with Gasteiger partial charge in [-0.3, -0.25) is 9.59 Å². The highest BCUT2D eigenvalue weighted by atomic mass is 35.5. The van der Waals surface area contributed by atoms with E-state index >= 15 is 0 Å². The van der Waals surface area contributed by atoms with Crippen LogP contribution in [0.25, 0.3) is 0 Å². The van der Waals surface area contributed by atoms with Crippen molar-refractivity contribution in [2.45, 2.75) is 32.0 Å². The van der Waals surface area contributed by atoms with Gasteiger partial charge in [0.05, 0.1) is 6.42 Å². The first-order valence-electron chi connectivity index (χ1n) is 12.9. The Kier molecular flexibility index (Phi) is 8.89. The summed E-state index contributed by atoms with van der Waals surface area (Å²) in [6.45, 7) is 0.707. The first-order valence-corrected chi connectivity index (χ1v) is 13.7. The number of nitrogens with one attached hydrogen (secondary N) is 1. The number of halogens is 2. The zero-order valence-electron chi connectivity index (χ0n) is 21.7. The topological polar surface area (TPSA) is 67.9 Å². The van der Waals surface area contributed by atoms with Crippen molar-refractivity contribution >= 4 is 35.0 Å². The molecule has 0 unspecified atom stereocenters.